The van der Waals surface area contributed by atoms with Gasteiger partial charge >= 0.3 is 0 Å². The van der Waals surface area contributed by atoms with Crippen LogP contribution in [0.2, 0.25) is 0 Å². The minimum absolute atomic E-state index is 0.171. The fourth-order valence-corrected chi connectivity index (χ4v) is 2.93. The van der Waals surface area contributed by atoms with Crippen LogP contribution in [0.4, 0.5) is 11.6 Å². The largest absolute Gasteiger partial charge is 0.383 e. The number of nitrogens with zero attached hydrogens (tertiary/aromatic N) is 3. The van der Waals surface area contributed by atoms with Crippen LogP contribution in [-0.4, -0.2) is 28.8 Å². The topological polar surface area (TPSA) is 72.1 Å². The number of rotatable bonds is 3. The monoisotopic (exact) mass is 310 g/mol. The molecule has 0 aromatic carbocycles. The molecule has 2 aromatic heterocycles. The van der Waals surface area contributed by atoms with Gasteiger partial charge in [0.05, 0.1) is 5.56 Å². The molecule has 1 saturated heterocycles. The van der Waals surface area contributed by atoms with E-state index < -0.39 is 0 Å². The lowest BCUT2D eigenvalue weighted by Crippen LogP contribution is -2.25. The summed E-state index contributed by atoms with van der Waals surface area (Å²) in [6, 6.07) is 7.37. The molecule has 120 valence electrons. The number of hydrogen-bond acceptors (Lipinski definition) is 5. The second kappa shape index (κ2) is 6.77. The number of aromatic nitrogens is 2. The second-order valence-corrected chi connectivity index (χ2v) is 6.06. The molecule has 0 saturated carbocycles. The molecule has 0 unspecified atom stereocenters. The molecule has 0 amide bonds. The number of nitrogen functional groups attached to an aromatic ring is 1. The average Bonchev–Trinajstić information content (AvgIpc) is 2.86. The van der Waals surface area contributed by atoms with E-state index in [0.29, 0.717) is 11.3 Å². The minimum atomic E-state index is -0.171. The maximum Gasteiger partial charge on any atom is 0.215 e. The van der Waals surface area contributed by atoms with Gasteiger partial charge in [0.25, 0.3) is 0 Å². The first-order valence-electron chi connectivity index (χ1n) is 8.14. The Bertz CT molecular complexity index is 706. The molecule has 1 aliphatic rings. The first kappa shape index (κ1) is 15.5. The maximum absolute atomic E-state index is 12.7. The molecule has 2 aromatic rings. The molecular weight excluding hydrogens is 288 g/mol. The zero-order valence-corrected chi connectivity index (χ0v) is 13.5. The van der Waals surface area contributed by atoms with Crippen LogP contribution in [0.1, 0.15) is 47.3 Å². The molecule has 1 aliphatic heterocycles. The van der Waals surface area contributed by atoms with Gasteiger partial charge in [-0.15, -0.1) is 0 Å². The van der Waals surface area contributed by atoms with E-state index in [9.17, 15) is 4.79 Å². The lowest BCUT2D eigenvalue weighted by atomic mass is 10.1. The smallest absolute Gasteiger partial charge is 0.215 e. The Morgan fingerprint density at radius 3 is 2.65 bits per heavy atom. The number of anilines is 2. The highest BCUT2D eigenvalue weighted by Crippen LogP contribution is 2.20. The highest BCUT2D eigenvalue weighted by Gasteiger charge is 2.17. The van der Waals surface area contributed by atoms with E-state index in [1.54, 1.807) is 18.3 Å². The van der Waals surface area contributed by atoms with Crippen molar-refractivity contribution in [2.24, 2.45) is 0 Å². The molecular formula is C18H22N4O. The van der Waals surface area contributed by atoms with E-state index in [1.165, 1.54) is 25.7 Å². The standard InChI is InChI=1S/C18H22N4O/c1-13-11-14(18(19)20-12-13)17(23)15-7-6-8-16(21-15)22-9-4-2-3-5-10-22/h6-8,11-12H,2-5,9-10H2,1H3,(H2,19,20). The molecule has 3 rings (SSSR count). The Hall–Kier alpha value is -2.43. The summed E-state index contributed by atoms with van der Waals surface area (Å²) in [5, 5.41) is 0. The van der Waals surface area contributed by atoms with Gasteiger partial charge < -0.3 is 10.6 Å². The van der Waals surface area contributed by atoms with E-state index in [2.05, 4.69) is 14.9 Å². The van der Waals surface area contributed by atoms with Crippen molar-refractivity contribution in [1.29, 1.82) is 0 Å². The number of pyridine rings is 2. The summed E-state index contributed by atoms with van der Waals surface area (Å²) in [7, 11) is 0. The summed E-state index contributed by atoms with van der Waals surface area (Å²) in [5.41, 5.74) is 7.61. The van der Waals surface area contributed by atoms with Gasteiger partial charge in [0.2, 0.25) is 5.78 Å². The van der Waals surface area contributed by atoms with Crippen LogP contribution in [0.15, 0.2) is 30.5 Å². The molecule has 0 aliphatic carbocycles. The Morgan fingerprint density at radius 2 is 1.91 bits per heavy atom. The fraction of sp³-hybridized carbons (Fsp3) is 0.389. The van der Waals surface area contributed by atoms with Crippen LogP contribution in [-0.2, 0) is 0 Å². The zero-order valence-electron chi connectivity index (χ0n) is 13.5. The van der Waals surface area contributed by atoms with E-state index in [-0.39, 0.29) is 11.6 Å². The normalized spacial score (nSPS) is 15.3. The van der Waals surface area contributed by atoms with Crippen LogP contribution in [0.5, 0.6) is 0 Å². The summed E-state index contributed by atoms with van der Waals surface area (Å²) >= 11 is 0. The highest BCUT2D eigenvalue weighted by atomic mass is 16.1. The van der Waals surface area contributed by atoms with Crippen LogP contribution in [0, 0.1) is 6.92 Å². The Labute approximate surface area is 136 Å². The van der Waals surface area contributed by atoms with Gasteiger partial charge in [-0.3, -0.25) is 4.79 Å². The molecule has 3 heterocycles. The summed E-state index contributed by atoms with van der Waals surface area (Å²) < 4.78 is 0. The van der Waals surface area contributed by atoms with Gasteiger partial charge in [0.15, 0.2) is 0 Å². The van der Waals surface area contributed by atoms with Crippen molar-refractivity contribution in [2.75, 3.05) is 23.7 Å². The third-order valence-corrected chi connectivity index (χ3v) is 4.20. The lowest BCUT2D eigenvalue weighted by molar-refractivity contribution is 0.103. The predicted octanol–water partition coefficient (Wildman–Crippen LogP) is 2.98. The molecule has 1 fully saturated rings. The molecule has 23 heavy (non-hydrogen) atoms. The number of ketones is 1. The van der Waals surface area contributed by atoms with Gasteiger partial charge in [-0.1, -0.05) is 18.9 Å². The lowest BCUT2D eigenvalue weighted by Gasteiger charge is -2.21. The van der Waals surface area contributed by atoms with E-state index in [4.69, 9.17) is 5.73 Å². The third-order valence-electron chi connectivity index (χ3n) is 4.20. The van der Waals surface area contributed by atoms with Crippen molar-refractivity contribution >= 4 is 17.4 Å². The van der Waals surface area contributed by atoms with Crippen LogP contribution < -0.4 is 10.6 Å². The average molecular weight is 310 g/mol. The summed E-state index contributed by atoms with van der Waals surface area (Å²) in [6.45, 7) is 3.89. The molecule has 2 N–H and O–H groups in total. The van der Waals surface area contributed by atoms with Crippen molar-refractivity contribution in [1.82, 2.24) is 9.97 Å². The number of aryl methyl sites for hydroxylation is 1. The van der Waals surface area contributed by atoms with Gasteiger partial charge in [0.1, 0.15) is 17.3 Å². The first-order valence-corrected chi connectivity index (χ1v) is 8.14. The Morgan fingerprint density at radius 1 is 1.17 bits per heavy atom. The van der Waals surface area contributed by atoms with E-state index >= 15 is 0 Å². The summed E-state index contributed by atoms with van der Waals surface area (Å²) in [4.78, 5) is 23.6. The molecule has 0 spiro atoms. The zero-order chi connectivity index (χ0) is 16.2. The van der Waals surface area contributed by atoms with Crippen molar-refractivity contribution in [3.63, 3.8) is 0 Å². The van der Waals surface area contributed by atoms with Gasteiger partial charge in [-0.25, -0.2) is 9.97 Å². The van der Waals surface area contributed by atoms with Crippen molar-refractivity contribution in [3.05, 3.63) is 47.3 Å². The quantitative estimate of drug-likeness (QED) is 0.882. The number of nitrogens with two attached hydrogens (primary N) is 1. The van der Waals surface area contributed by atoms with Gasteiger partial charge in [-0.2, -0.15) is 0 Å². The first-order chi connectivity index (χ1) is 11.1. The number of carbonyl (C=O) groups is 1. The summed E-state index contributed by atoms with van der Waals surface area (Å²) in [6.07, 6.45) is 6.54. The SMILES string of the molecule is Cc1cnc(N)c(C(=O)c2cccc(N3CCCCCC3)n2)c1. The van der Waals surface area contributed by atoms with Crippen LogP contribution >= 0.6 is 0 Å². The van der Waals surface area contributed by atoms with Crippen LogP contribution in [0.3, 0.4) is 0 Å². The van der Waals surface area contributed by atoms with E-state index in [1.807, 2.05) is 19.1 Å². The molecule has 5 nitrogen and oxygen atoms in total. The van der Waals surface area contributed by atoms with Gasteiger partial charge in [-0.05, 0) is 43.5 Å². The van der Waals surface area contributed by atoms with Crippen molar-refractivity contribution in [2.45, 2.75) is 32.6 Å². The Kier molecular flexibility index (Phi) is 4.55. The fourth-order valence-electron chi connectivity index (χ4n) is 2.93. The van der Waals surface area contributed by atoms with E-state index in [0.717, 1.165) is 24.5 Å². The molecule has 0 bridgehead atoms. The highest BCUT2D eigenvalue weighted by molar-refractivity contribution is 6.10. The Balaban J connectivity index is 1.89. The minimum Gasteiger partial charge on any atom is -0.383 e. The third kappa shape index (κ3) is 3.50. The van der Waals surface area contributed by atoms with Crippen molar-refractivity contribution < 1.29 is 4.79 Å². The van der Waals surface area contributed by atoms with Crippen LogP contribution in [0.25, 0.3) is 0 Å². The maximum atomic E-state index is 12.7. The predicted molar refractivity (Wildman–Crippen MR) is 91.7 cm³/mol. The second-order valence-electron chi connectivity index (χ2n) is 6.06. The molecule has 0 atom stereocenters. The van der Waals surface area contributed by atoms with Gasteiger partial charge in [0, 0.05) is 19.3 Å². The number of carbonyl (C=O) groups excluding carboxylic acids is 1. The molecule has 5 heteroatoms. The van der Waals surface area contributed by atoms with Crippen molar-refractivity contribution in [3.8, 4) is 0 Å². The number of hydrogen-bond donors (Lipinski definition) is 1. The summed E-state index contributed by atoms with van der Waals surface area (Å²) in [5.74, 6) is 0.954. The molecule has 0 radical (unpaired) electrons.